The molecule has 5 nitrogen and oxygen atoms in total. The van der Waals surface area contributed by atoms with Crippen molar-refractivity contribution in [2.24, 2.45) is 18.4 Å². The predicted molar refractivity (Wildman–Crippen MR) is 95.4 cm³/mol. The summed E-state index contributed by atoms with van der Waals surface area (Å²) in [6.45, 7) is 7.03. The fraction of sp³-hybridized carbons (Fsp3) is 0.526. The van der Waals surface area contributed by atoms with E-state index >= 15 is 0 Å². The Labute approximate surface area is 142 Å². The van der Waals surface area contributed by atoms with Crippen molar-refractivity contribution >= 4 is 16.7 Å². The van der Waals surface area contributed by atoms with Crippen LogP contribution in [0.2, 0.25) is 0 Å². The molecule has 0 saturated heterocycles. The van der Waals surface area contributed by atoms with E-state index in [0.717, 1.165) is 36.1 Å². The fourth-order valence-corrected chi connectivity index (χ4v) is 3.26. The van der Waals surface area contributed by atoms with Gasteiger partial charge in [0.25, 0.3) is 0 Å². The van der Waals surface area contributed by atoms with E-state index in [4.69, 9.17) is 10.2 Å². The summed E-state index contributed by atoms with van der Waals surface area (Å²) in [5.41, 5.74) is 3.71. The largest absolute Gasteiger partial charge is 0.330 e. The average Bonchev–Trinajstić information content (AvgIpc) is 2.78. The summed E-state index contributed by atoms with van der Waals surface area (Å²) in [6.07, 6.45) is 4.66. The minimum Gasteiger partial charge on any atom is -0.290 e. The molecular weight excluding hydrogens is 300 g/mol. The van der Waals surface area contributed by atoms with Gasteiger partial charge in [-0.2, -0.15) is 5.26 Å². The SMILES string of the molecule is Cn1c(=O)n(CC(C)(C)C)c2ccc(C3=CCC(C#N)CC3)nc21. The number of aromatic nitrogens is 3. The lowest BCUT2D eigenvalue weighted by Crippen LogP contribution is -2.27. The number of fused-ring (bicyclic) bond motifs is 1. The van der Waals surface area contributed by atoms with E-state index < -0.39 is 0 Å². The molecule has 0 bridgehead atoms. The quantitative estimate of drug-likeness (QED) is 0.849. The molecule has 2 aromatic heterocycles. The van der Waals surface area contributed by atoms with Gasteiger partial charge in [0.1, 0.15) is 0 Å². The molecule has 2 aromatic rings. The number of hydrogen-bond donors (Lipinski definition) is 0. The number of aryl methyl sites for hydroxylation is 1. The van der Waals surface area contributed by atoms with Gasteiger partial charge in [-0.15, -0.1) is 0 Å². The fourth-order valence-electron chi connectivity index (χ4n) is 3.26. The highest BCUT2D eigenvalue weighted by molar-refractivity contribution is 5.76. The normalized spacial score (nSPS) is 18.5. The zero-order chi connectivity index (χ0) is 17.5. The van der Waals surface area contributed by atoms with Crippen molar-refractivity contribution in [1.29, 1.82) is 5.26 Å². The highest BCUT2D eigenvalue weighted by Crippen LogP contribution is 2.30. The zero-order valence-electron chi connectivity index (χ0n) is 14.8. The van der Waals surface area contributed by atoms with Crippen LogP contribution in [0.5, 0.6) is 0 Å². The Balaban J connectivity index is 2.04. The molecular formula is C19H24N4O. The number of rotatable bonds is 2. The Morgan fingerprint density at radius 3 is 2.71 bits per heavy atom. The number of pyridine rings is 1. The lowest BCUT2D eigenvalue weighted by atomic mass is 9.89. The number of nitriles is 1. The number of nitrogens with zero attached hydrogens (tertiary/aromatic N) is 4. The van der Waals surface area contributed by atoms with Crippen molar-refractivity contribution in [2.45, 2.75) is 46.6 Å². The molecule has 1 aliphatic rings. The van der Waals surface area contributed by atoms with Gasteiger partial charge in [-0.25, -0.2) is 9.78 Å². The van der Waals surface area contributed by atoms with Gasteiger partial charge in [0.2, 0.25) is 0 Å². The van der Waals surface area contributed by atoms with Crippen molar-refractivity contribution in [3.05, 3.63) is 34.4 Å². The zero-order valence-corrected chi connectivity index (χ0v) is 14.8. The Hall–Kier alpha value is -2.35. The van der Waals surface area contributed by atoms with Crippen LogP contribution >= 0.6 is 0 Å². The molecule has 0 fully saturated rings. The number of imidazole rings is 1. The van der Waals surface area contributed by atoms with E-state index in [0.29, 0.717) is 6.54 Å². The van der Waals surface area contributed by atoms with E-state index in [1.165, 1.54) is 5.57 Å². The Kier molecular flexibility index (Phi) is 4.08. The van der Waals surface area contributed by atoms with Crippen LogP contribution in [0.3, 0.4) is 0 Å². The molecule has 0 spiro atoms. The summed E-state index contributed by atoms with van der Waals surface area (Å²) in [4.78, 5) is 17.3. The monoisotopic (exact) mass is 324 g/mol. The maximum absolute atomic E-state index is 12.6. The van der Waals surface area contributed by atoms with Crippen LogP contribution in [-0.2, 0) is 13.6 Å². The molecule has 1 aliphatic carbocycles. The molecule has 0 amide bonds. The van der Waals surface area contributed by atoms with Gasteiger partial charge in [-0.3, -0.25) is 9.13 Å². The lowest BCUT2D eigenvalue weighted by Gasteiger charge is -2.19. The Morgan fingerprint density at radius 2 is 2.12 bits per heavy atom. The molecule has 24 heavy (non-hydrogen) atoms. The van der Waals surface area contributed by atoms with Gasteiger partial charge in [-0.1, -0.05) is 26.8 Å². The van der Waals surface area contributed by atoms with E-state index in [1.807, 2.05) is 16.7 Å². The smallest absolute Gasteiger partial charge is 0.290 e. The number of hydrogen-bond acceptors (Lipinski definition) is 3. The topological polar surface area (TPSA) is 63.6 Å². The third-order valence-electron chi connectivity index (χ3n) is 4.54. The molecule has 0 aromatic carbocycles. The van der Waals surface area contributed by atoms with E-state index in [1.54, 1.807) is 11.6 Å². The molecule has 5 heteroatoms. The van der Waals surface area contributed by atoms with Crippen molar-refractivity contribution in [2.75, 3.05) is 0 Å². The molecule has 0 saturated carbocycles. The van der Waals surface area contributed by atoms with Crippen LogP contribution in [0.4, 0.5) is 0 Å². The highest BCUT2D eigenvalue weighted by atomic mass is 16.1. The van der Waals surface area contributed by atoms with Gasteiger partial charge in [0.05, 0.1) is 23.2 Å². The Morgan fingerprint density at radius 1 is 1.38 bits per heavy atom. The van der Waals surface area contributed by atoms with Crippen LogP contribution in [0.1, 0.15) is 45.7 Å². The molecule has 2 heterocycles. The van der Waals surface area contributed by atoms with E-state index in [2.05, 4.69) is 32.9 Å². The van der Waals surface area contributed by atoms with Crippen LogP contribution < -0.4 is 5.69 Å². The molecule has 3 rings (SSSR count). The average molecular weight is 324 g/mol. The molecule has 0 aliphatic heterocycles. The molecule has 1 unspecified atom stereocenters. The second-order valence-electron chi connectivity index (χ2n) is 7.86. The molecule has 0 radical (unpaired) electrons. The standard InChI is InChI=1S/C19H24N4O/c1-19(2,3)12-23-16-10-9-15(21-17(16)22(4)18(23)24)14-7-5-13(11-20)6-8-14/h7,9-10,13H,5-6,8,12H2,1-4H3. The first-order valence-corrected chi connectivity index (χ1v) is 8.45. The lowest BCUT2D eigenvalue weighted by molar-refractivity contribution is 0.342. The van der Waals surface area contributed by atoms with Crippen molar-refractivity contribution in [1.82, 2.24) is 14.1 Å². The maximum atomic E-state index is 12.6. The summed E-state index contributed by atoms with van der Waals surface area (Å²) in [5.74, 6) is 0.120. The molecule has 1 atom stereocenters. The Bertz CT molecular complexity index is 902. The third-order valence-corrected chi connectivity index (χ3v) is 4.54. The van der Waals surface area contributed by atoms with Crippen molar-refractivity contribution < 1.29 is 0 Å². The summed E-state index contributed by atoms with van der Waals surface area (Å²) in [5, 5.41) is 9.02. The highest BCUT2D eigenvalue weighted by Gasteiger charge is 2.20. The van der Waals surface area contributed by atoms with E-state index in [9.17, 15) is 4.79 Å². The first kappa shape index (κ1) is 16.5. The van der Waals surface area contributed by atoms with Gasteiger partial charge in [-0.05, 0) is 42.4 Å². The van der Waals surface area contributed by atoms with Gasteiger partial charge in [0, 0.05) is 13.6 Å². The van der Waals surface area contributed by atoms with Gasteiger partial charge < -0.3 is 0 Å². The number of allylic oxidation sites excluding steroid dienone is 2. The predicted octanol–water partition coefficient (Wildman–Crippen LogP) is 3.49. The minimum atomic E-state index is -0.0215. The summed E-state index contributed by atoms with van der Waals surface area (Å²) in [7, 11) is 1.78. The first-order chi connectivity index (χ1) is 11.3. The molecule has 0 N–H and O–H groups in total. The van der Waals surface area contributed by atoms with Crippen molar-refractivity contribution in [3.8, 4) is 6.07 Å². The van der Waals surface area contributed by atoms with Gasteiger partial charge in [0.15, 0.2) is 5.65 Å². The second-order valence-corrected chi connectivity index (χ2v) is 7.86. The van der Waals surface area contributed by atoms with Gasteiger partial charge >= 0.3 is 5.69 Å². The second kappa shape index (κ2) is 5.94. The summed E-state index contributed by atoms with van der Waals surface area (Å²) >= 11 is 0. The summed E-state index contributed by atoms with van der Waals surface area (Å²) < 4.78 is 3.44. The van der Waals surface area contributed by atoms with E-state index in [-0.39, 0.29) is 17.0 Å². The van der Waals surface area contributed by atoms with Crippen LogP contribution in [0.25, 0.3) is 16.7 Å². The minimum absolute atomic E-state index is 0.0215. The maximum Gasteiger partial charge on any atom is 0.330 e. The molecule has 126 valence electrons. The third kappa shape index (κ3) is 3.01. The van der Waals surface area contributed by atoms with Crippen LogP contribution in [0, 0.1) is 22.7 Å². The van der Waals surface area contributed by atoms with Crippen LogP contribution in [-0.4, -0.2) is 14.1 Å². The first-order valence-electron chi connectivity index (χ1n) is 8.45. The van der Waals surface area contributed by atoms with Crippen LogP contribution in [0.15, 0.2) is 23.0 Å². The van der Waals surface area contributed by atoms with Crippen molar-refractivity contribution in [3.63, 3.8) is 0 Å². The summed E-state index contributed by atoms with van der Waals surface area (Å²) in [6, 6.07) is 6.33.